The summed E-state index contributed by atoms with van der Waals surface area (Å²) in [4.78, 5) is 14.9. The summed E-state index contributed by atoms with van der Waals surface area (Å²) in [6, 6.07) is 0. The summed E-state index contributed by atoms with van der Waals surface area (Å²) in [6.45, 7) is -2.57. The van der Waals surface area contributed by atoms with Crippen LogP contribution in [0.2, 0.25) is 0 Å². The van der Waals surface area contributed by atoms with Gasteiger partial charge < -0.3 is 25.2 Å². The number of nitrogen functional groups attached to an aromatic ring is 1. The lowest BCUT2D eigenvalue weighted by atomic mass is 10.1. The molecule has 1 aliphatic heterocycles. The van der Waals surface area contributed by atoms with E-state index in [1.54, 1.807) is 0 Å². The first-order valence-electron chi connectivity index (χ1n) is 6.07. The van der Waals surface area contributed by atoms with Gasteiger partial charge in [0.05, 0.1) is 12.8 Å². The first-order valence-corrected chi connectivity index (χ1v) is 9.05. The number of ether oxygens (including phenoxy) is 1. The smallest absolute Gasteiger partial charge is 0.351 e. The average molecular weight is 358 g/mol. The summed E-state index contributed by atoms with van der Waals surface area (Å²) >= 11 is 5.42. The number of anilines is 1. The van der Waals surface area contributed by atoms with Crippen molar-refractivity contribution in [3.8, 4) is 0 Å². The lowest BCUT2D eigenvalue weighted by Crippen LogP contribution is -2.36. The molecule has 3 unspecified atom stereocenters. The van der Waals surface area contributed by atoms with E-state index in [0.717, 1.165) is 6.66 Å². The van der Waals surface area contributed by atoms with E-state index < -0.39 is 48.6 Å². The number of aliphatic hydroxyl groups excluding tert-OH is 2. The minimum absolute atomic E-state index is 0.383. The van der Waals surface area contributed by atoms with Gasteiger partial charge in [-0.05, 0) is 11.2 Å². The van der Waals surface area contributed by atoms with E-state index in [1.807, 2.05) is 0 Å². The first-order chi connectivity index (χ1) is 10.1. The van der Waals surface area contributed by atoms with Gasteiger partial charge in [-0.2, -0.15) is 4.98 Å². The lowest BCUT2D eigenvalue weighted by Gasteiger charge is -2.17. The van der Waals surface area contributed by atoms with Crippen LogP contribution in [0.4, 0.5) is 10.2 Å². The van der Waals surface area contributed by atoms with Crippen LogP contribution < -0.4 is 11.4 Å². The largest absolute Gasteiger partial charge is 0.387 e. The molecule has 0 aliphatic carbocycles. The monoisotopic (exact) mass is 357 g/mol. The molecule has 124 valence electrons. The molecule has 0 amide bonds. The molecule has 9 nitrogen and oxygen atoms in total. The molecule has 1 aliphatic rings. The van der Waals surface area contributed by atoms with E-state index in [4.69, 9.17) is 26.2 Å². The molecule has 1 saturated heterocycles. The summed E-state index contributed by atoms with van der Waals surface area (Å²) < 4.78 is 35.4. The minimum atomic E-state index is -3.34. The van der Waals surface area contributed by atoms with E-state index in [-0.39, 0.29) is 6.61 Å². The van der Waals surface area contributed by atoms with Gasteiger partial charge in [0.1, 0.15) is 18.3 Å². The second kappa shape index (κ2) is 6.23. The van der Waals surface area contributed by atoms with Gasteiger partial charge in [-0.15, -0.1) is 0 Å². The maximum absolute atomic E-state index is 13.4. The van der Waals surface area contributed by atoms with Crippen molar-refractivity contribution in [2.24, 2.45) is 0 Å². The van der Waals surface area contributed by atoms with Crippen LogP contribution in [0.15, 0.2) is 11.0 Å². The molecular formula is C10H14ClFN3O6P. The van der Waals surface area contributed by atoms with E-state index in [0.29, 0.717) is 10.8 Å². The van der Waals surface area contributed by atoms with Crippen LogP contribution in [0.3, 0.4) is 0 Å². The van der Waals surface area contributed by atoms with Crippen LogP contribution in [0.5, 0.6) is 0 Å². The van der Waals surface area contributed by atoms with Gasteiger partial charge >= 0.3 is 5.69 Å². The molecule has 0 saturated carbocycles. The van der Waals surface area contributed by atoms with Gasteiger partial charge in [0.25, 0.3) is 6.72 Å². The van der Waals surface area contributed by atoms with Crippen LogP contribution in [-0.2, 0) is 13.8 Å². The Bertz CT molecular complexity index is 667. The minimum Gasteiger partial charge on any atom is -0.387 e. The third kappa shape index (κ3) is 3.65. The van der Waals surface area contributed by atoms with Crippen molar-refractivity contribution >= 4 is 23.8 Å². The Kier molecular flexibility index (Phi) is 4.90. The lowest BCUT2D eigenvalue weighted by molar-refractivity contribution is -0.0512. The summed E-state index contributed by atoms with van der Waals surface area (Å²) in [7, 11) is 0. The fourth-order valence-corrected chi connectivity index (χ4v) is 2.53. The third-order valence-electron chi connectivity index (χ3n) is 3.01. The highest BCUT2D eigenvalue weighted by atomic mass is 35.7. The predicted octanol–water partition coefficient (Wildman–Crippen LogP) is -0.338. The normalized spacial score (nSPS) is 31.1. The Labute approximate surface area is 128 Å². The van der Waals surface area contributed by atoms with Crippen molar-refractivity contribution in [3.63, 3.8) is 0 Å². The molecule has 1 aromatic heterocycles. The molecule has 0 aromatic carbocycles. The average Bonchev–Trinajstić information content (AvgIpc) is 2.68. The number of nitrogens with two attached hydrogens (primary N) is 1. The van der Waals surface area contributed by atoms with Crippen LogP contribution in [0.25, 0.3) is 0 Å². The van der Waals surface area contributed by atoms with Crippen molar-refractivity contribution in [1.29, 1.82) is 0 Å². The maximum atomic E-state index is 13.4. The topological polar surface area (TPSA) is 137 Å². The predicted molar refractivity (Wildman–Crippen MR) is 74.1 cm³/mol. The second-order valence-electron chi connectivity index (χ2n) is 4.75. The van der Waals surface area contributed by atoms with E-state index in [9.17, 15) is 24.0 Å². The van der Waals surface area contributed by atoms with Crippen LogP contribution in [0, 0.1) is 5.82 Å². The molecule has 1 aromatic rings. The van der Waals surface area contributed by atoms with Gasteiger partial charge in [-0.3, -0.25) is 9.13 Å². The number of hydrogen-bond donors (Lipinski definition) is 3. The van der Waals surface area contributed by atoms with Gasteiger partial charge in [0.15, 0.2) is 17.9 Å². The molecule has 0 spiro atoms. The molecule has 0 bridgehead atoms. The van der Waals surface area contributed by atoms with E-state index in [1.165, 1.54) is 0 Å². The molecule has 2 rings (SSSR count). The van der Waals surface area contributed by atoms with Crippen LogP contribution in [0.1, 0.15) is 6.23 Å². The highest BCUT2D eigenvalue weighted by Crippen LogP contribution is 2.48. The van der Waals surface area contributed by atoms with Gasteiger partial charge in [0, 0.05) is 6.66 Å². The van der Waals surface area contributed by atoms with E-state index in [2.05, 4.69) is 4.98 Å². The van der Waals surface area contributed by atoms with Crippen molar-refractivity contribution in [2.45, 2.75) is 24.5 Å². The quantitative estimate of drug-likeness (QED) is 0.622. The highest BCUT2D eigenvalue weighted by molar-refractivity contribution is 7.84. The molecule has 2 heterocycles. The number of hydrogen-bond acceptors (Lipinski definition) is 8. The van der Waals surface area contributed by atoms with E-state index >= 15 is 0 Å². The number of halogens is 2. The summed E-state index contributed by atoms with van der Waals surface area (Å²) in [5, 5.41) is 19.8. The Morgan fingerprint density at radius 1 is 1.59 bits per heavy atom. The Hall–Kier alpha value is -1.03. The molecule has 5 atom stereocenters. The third-order valence-corrected chi connectivity index (χ3v) is 3.92. The van der Waals surface area contributed by atoms with Gasteiger partial charge in [-0.25, -0.2) is 9.18 Å². The fourth-order valence-electron chi connectivity index (χ4n) is 1.94. The van der Waals surface area contributed by atoms with Crippen LogP contribution >= 0.6 is 18.0 Å². The SMILES string of the molecule is CP(=O)(Cl)OC[C@H]1O[C@@H](n2cc(F)c(N)nc2=O)C(O)C1O. The van der Waals surface area contributed by atoms with Crippen LogP contribution in [-0.4, -0.2) is 51.3 Å². The summed E-state index contributed by atoms with van der Waals surface area (Å²) in [5.74, 6) is -1.58. The van der Waals surface area contributed by atoms with Crippen molar-refractivity contribution in [2.75, 3.05) is 19.0 Å². The van der Waals surface area contributed by atoms with Crippen molar-refractivity contribution in [3.05, 3.63) is 22.5 Å². The molecule has 1 fully saturated rings. The van der Waals surface area contributed by atoms with Crippen molar-refractivity contribution < 1.29 is 28.4 Å². The molecule has 12 heteroatoms. The van der Waals surface area contributed by atoms with Gasteiger partial charge in [0.2, 0.25) is 0 Å². The van der Waals surface area contributed by atoms with Gasteiger partial charge in [-0.1, -0.05) is 0 Å². The second-order valence-corrected chi connectivity index (χ2v) is 8.35. The molecule has 22 heavy (non-hydrogen) atoms. The standard InChI is InChI=1S/C10H14ClFN3O6P/c1-22(11,19)20-3-5-6(16)7(17)9(21-5)15-2-4(12)8(13)14-10(15)18/h2,5-7,9,16-17H,3H2,1H3,(H2,13,14,18)/t5-,6?,7?,9-,22?/m1/s1. The first kappa shape index (κ1) is 17.3. The molecular weight excluding hydrogens is 344 g/mol. The number of aliphatic hydroxyl groups is 2. The van der Waals surface area contributed by atoms with Crippen molar-refractivity contribution in [1.82, 2.24) is 9.55 Å². The Balaban J connectivity index is 2.22. The summed E-state index contributed by atoms with van der Waals surface area (Å²) in [6.07, 6.45) is -4.81. The maximum Gasteiger partial charge on any atom is 0.351 e. The zero-order chi connectivity index (χ0) is 16.7. The Morgan fingerprint density at radius 3 is 2.82 bits per heavy atom. The zero-order valence-electron chi connectivity index (χ0n) is 11.3. The molecule has 4 N–H and O–H groups in total. The zero-order valence-corrected chi connectivity index (χ0v) is 12.9. The fraction of sp³-hybridized carbons (Fsp3) is 0.600. The number of aromatic nitrogens is 2. The number of rotatable bonds is 4. The number of nitrogens with zero attached hydrogens (tertiary/aromatic N) is 2. The Morgan fingerprint density at radius 2 is 2.23 bits per heavy atom. The molecule has 0 radical (unpaired) electrons. The highest BCUT2D eigenvalue weighted by Gasteiger charge is 2.45. The summed E-state index contributed by atoms with van der Waals surface area (Å²) in [5.41, 5.74) is 4.19.